The third-order valence-electron chi connectivity index (χ3n) is 2.67. The minimum Gasteiger partial charge on any atom is -0.448 e. The molecule has 16 heavy (non-hydrogen) atoms. The molecule has 0 saturated carbocycles. The monoisotopic (exact) mass is 220 g/mol. The summed E-state index contributed by atoms with van der Waals surface area (Å²) in [5.74, 6) is 0. The zero-order chi connectivity index (χ0) is 11.4. The quantitative estimate of drug-likeness (QED) is 0.827. The molecule has 1 aliphatic heterocycles. The van der Waals surface area contributed by atoms with Gasteiger partial charge in [0.05, 0.1) is 6.54 Å². The van der Waals surface area contributed by atoms with Gasteiger partial charge in [-0.25, -0.2) is 4.79 Å². The zero-order valence-corrected chi connectivity index (χ0v) is 9.19. The molecule has 1 heterocycles. The minimum absolute atomic E-state index is 0.217. The number of carbonyl (C=O) groups excluding carboxylic acids is 1. The number of amides is 1. The highest BCUT2D eigenvalue weighted by Crippen LogP contribution is 2.11. The maximum atomic E-state index is 11.2. The molecular formula is C12H16N2O2. The van der Waals surface area contributed by atoms with Crippen molar-refractivity contribution in [3.05, 3.63) is 35.4 Å². The van der Waals surface area contributed by atoms with Crippen LogP contribution in [0.15, 0.2) is 24.3 Å². The summed E-state index contributed by atoms with van der Waals surface area (Å²) in [6, 6.07) is 8.19. The Balaban J connectivity index is 1.96. The molecule has 1 amide bonds. The number of benzene rings is 1. The lowest BCUT2D eigenvalue weighted by atomic mass is 10.1. The molecule has 1 aromatic rings. The Hall–Kier alpha value is -1.55. The highest BCUT2D eigenvalue weighted by atomic mass is 16.6. The summed E-state index contributed by atoms with van der Waals surface area (Å²) in [6.07, 6.45) is 0.678. The van der Waals surface area contributed by atoms with Crippen molar-refractivity contribution < 1.29 is 9.53 Å². The number of hydrogen-bond acceptors (Lipinski definition) is 3. The third-order valence-corrected chi connectivity index (χ3v) is 2.67. The van der Waals surface area contributed by atoms with Crippen molar-refractivity contribution in [3.8, 4) is 0 Å². The summed E-state index contributed by atoms with van der Waals surface area (Å²) in [7, 11) is 0. The van der Waals surface area contributed by atoms with Crippen LogP contribution < -0.4 is 5.73 Å². The first-order chi connectivity index (χ1) is 7.79. The standard InChI is InChI=1S/C12H16N2O2/c13-6-5-10-1-3-11(4-2-10)9-14-7-8-16-12(14)15/h1-4H,5-9,13H2. The van der Waals surface area contributed by atoms with Crippen LogP contribution in [0.25, 0.3) is 0 Å². The van der Waals surface area contributed by atoms with Crippen molar-refractivity contribution in [1.82, 2.24) is 4.90 Å². The maximum absolute atomic E-state index is 11.2. The molecule has 0 aliphatic carbocycles. The van der Waals surface area contributed by atoms with Crippen LogP contribution in [0.3, 0.4) is 0 Å². The van der Waals surface area contributed by atoms with Gasteiger partial charge in [-0.3, -0.25) is 0 Å². The van der Waals surface area contributed by atoms with E-state index < -0.39 is 0 Å². The van der Waals surface area contributed by atoms with Crippen LogP contribution in [-0.2, 0) is 17.7 Å². The first-order valence-corrected chi connectivity index (χ1v) is 5.49. The van der Waals surface area contributed by atoms with Gasteiger partial charge in [0.15, 0.2) is 0 Å². The fourth-order valence-corrected chi connectivity index (χ4v) is 1.77. The summed E-state index contributed by atoms with van der Waals surface area (Å²) in [4.78, 5) is 12.9. The molecule has 0 spiro atoms. The molecule has 1 fully saturated rings. The van der Waals surface area contributed by atoms with E-state index in [4.69, 9.17) is 10.5 Å². The molecule has 0 unspecified atom stereocenters. The molecule has 4 heteroatoms. The van der Waals surface area contributed by atoms with Crippen LogP contribution in [0.5, 0.6) is 0 Å². The summed E-state index contributed by atoms with van der Waals surface area (Å²) in [6.45, 7) is 2.48. The average molecular weight is 220 g/mol. The van der Waals surface area contributed by atoms with Gasteiger partial charge in [0, 0.05) is 6.54 Å². The van der Waals surface area contributed by atoms with Gasteiger partial charge in [-0.05, 0) is 24.1 Å². The molecular weight excluding hydrogens is 204 g/mol. The molecule has 1 aliphatic rings. The van der Waals surface area contributed by atoms with Crippen molar-refractivity contribution in [2.24, 2.45) is 5.73 Å². The number of ether oxygens (including phenoxy) is 1. The van der Waals surface area contributed by atoms with Crippen molar-refractivity contribution in [2.75, 3.05) is 19.7 Å². The first-order valence-electron chi connectivity index (χ1n) is 5.49. The van der Waals surface area contributed by atoms with E-state index >= 15 is 0 Å². The highest BCUT2D eigenvalue weighted by Gasteiger charge is 2.21. The van der Waals surface area contributed by atoms with Crippen LogP contribution in [0, 0.1) is 0 Å². The van der Waals surface area contributed by atoms with Crippen LogP contribution in [0.4, 0.5) is 4.79 Å². The first kappa shape index (κ1) is 11.0. The lowest BCUT2D eigenvalue weighted by Gasteiger charge is -2.12. The Bertz CT molecular complexity index is 362. The van der Waals surface area contributed by atoms with Gasteiger partial charge in [0.2, 0.25) is 0 Å². The molecule has 0 radical (unpaired) electrons. The normalized spacial score (nSPS) is 15.3. The van der Waals surface area contributed by atoms with E-state index in [1.165, 1.54) is 5.56 Å². The van der Waals surface area contributed by atoms with E-state index in [9.17, 15) is 4.79 Å². The van der Waals surface area contributed by atoms with E-state index in [1.54, 1.807) is 4.90 Å². The van der Waals surface area contributed by atoms with Gasteiger partial charge in [0.25, 0.3) is 0 Å². The molecule has 1 saturated heterocycles. The predicted molar refractivity (Wildman–Crippen MR) is 61.0 cm³/mol. The van der Waals surface area contributed by atoms with E-state index in [0.717, 1.165) is 12.0 Å². The Kier molecular flexibility index (Phi) is 3.41. The van der Waals surface area contributed by atoms with Crippen LogP contribution in [-0.4, -0.2) is 30.7 Å². The van der Waals surface area contributed by atoms with Crippen LogP contribution in [0.2, 0.25) is 0 Å². The second kappa shape index (κ2) is 4.99. The minimum atomic E-state index is -0.217. The largest absolute Gasteiger partial charge is 0.448 e. The number of cyclic esters (lactones) is 1. The Morgan fingerprint density at radius 2 is 1.94 bits per heavy atom. The Morgan fingerprint density at radius 1 is 1.25 bits per heavy atom. The number of carbonyl (C=O) groups is 1. The molecule has 86 valence electrons. The summed E-state index contributed by atoms with van der Waals surface area (Å²) in [5.41, 5.74) is 7.84. The molecule has 0 bridgehead atoms. The Morgan fingerprint density at radius 3 is 2.50 bits per heavy atom. The second-order valence-corrected chi connectivity index (χ2v) is 3.89. The number of rotatable bonds is 4. The number of nitrogens with zero attached hydrogens (tertiary/aromatic N) is 1. The molecule has 4 nitrogen and oxygen atoms in total. The predicted octanol–water partition coefficient (Wildman–Crippen LogP) is 1.14. The Labute approximate surface area is 95.0 Å². The van der Waals surface area contributed by atoms with Crippen molar-refractivity contribution >= 4 is 6.09 Å². The van der Waals surface area contributed by atoms with Gasteiger partial charge in [-0.15, -0.1) is 0 Å². The third kappa shape index (κ3) is 2.52. The summed E-state index contributed by atoms with van der Waals surface area (Å²) < 4.78 is 4.87. The van der Waals surface area contributed by atoms with Gasteiger partial charge in [0.1, 0.15) is 6.61 Å². The van der Waals surface area contributed by atoms with Crippen molar-refractivity contribution in [2.45, 2.75) is 13.0 Å². The molecule has 0 aromatic heterocycles. The van der Waals surface area contributed by atoms with Gasteiger partial charge >= 0.3 is 6.09 Å². The SMILES string of the molecule is NCCc1ccc(CN2CCOC2=O)cc1. The fraction of sp³-hybridized carbons (Fsp3) is 0.417. The molecule has 0 atom stereocenters. The van der Waals surface area contributed by atoms with Gasteiger partial charge in [-0.2, -0.15) is 0 Å². The van der Waals surface area contributed by atoms with Crippen molar-refractivity contribution in [1.29, 1.82) is 0 Å². The van der Waals surface area contributed by atoms with Crippen molar-refractivity contribution in [3.63, 3.8) is 0 Å². The highest BCUT2D eigenvalue weighted by molar-refractivity contribution is 5.69. The van der Waals surface area contributed by atoms with E-state index in [2.05, 4.69) is 12.1 Å². The molecule has 2 rings (SSSR count). The van der Waals surface area contributed by atoms with E-state index in [-0.39, 0.29) is 6.09 Å². The maximum Gasteiger partial charge on any atom is 0.410 e. The second-order valence-electron chi connectivity index (χ2n) is 3.89. The molecule has 2 N–H and O–H groups in total. The van der Waals surface area contributed by atoms with Crippen LogP contribution >= 0.6 is 0 Å². The fourth-order valence-electron chi connectivity index (χ4n) is 1.77. The lowest BCUT2D eigenvalue weighted by molar-refractivity contribution is 0.157. The van der Waals surface area contributed by atoms with Gasteiger partial charge < -0.3 is 15.4 Å². The van der Waals surface area contributed by atoms with Crippen LogP contribution in [0.1, 0.15) is 11.1 Å². The van der Waals surface area contributed by atoms with Gasteiger partial charge in [-0.1, -0.05) is 24.3 Å². The van der Waals surface area contributed by atoms with E-state index in [0.29, 0.717) is 26.2 Å². The summed E-state index contributed by atoms with van der Waals surface area (Å²) >= 11 is 0. The number of nitrogens with two attached hydrogens (primary N) is 1. The summed E-state index contributed by atoms with van der Waals surface area (Å²) in [5, 5.41) is 0. The smallest absolute Gasteiger partial charge is 0.410 e. The zero-order valence-electron chi connectivity index (χ0n) is 9.19. The van der Waals surface area contributed by atoms with E-state index in [1.807, 2.05) is 12.1 Å². The average Bonchev–Trinajstić information content (AvgIpc) is 2.68. The number of hydrogen-bond donors (Lipinski definition) is 1. The molecule has 1 aromatic carbocycles. The lowest BCUT2D eigenvalue weighted by Crippen LogP contribution is -2.23. The topological polar surface area (TPSA) is 55.6 Å².